The molecule has 1 aliphatic rings. The molecule has 0 saturated carbocycles. The lowest BCUT2D eigenvalue weighted by Gasteiger charge is -2.30. The van der Waals surface area contributed by atoms with Crippen molar-refractivity contribution in [3.63, 3.8) is 0 Å². The zero-order valence-corrected chi connectivity index (χ0v) is 16.3. The molecule has 3 heterocycles. The molecule has 7 nitrogen and oxygen atoms in total. The fourth-order valence-corrected chi connectivity index (χ4v) is 3.37. The Morgan fingerprint density at radius 3 is 2.79 bits per heavy atom. The first kappa shape index (κ1) is 20.8. The smallest absolute Gasteiger partial charge is 0.326 e. The molecule has 2 N–H and O–H groups in total. The molecule has 0 fully saturated rings. The molecule has 0 aliphatic carbocycles. The molecule has 154 valence electrons. The van der Waals surface area contributed by atoms with Crippen molar-refractivity contribution >= 4 is 17.6 Å². The van der Waals surface area contributed by atoms with Crippen LogP contribution in [0.5, 0.6) is 5.75 Å². The third-order valence-electron chi connectivity index (χ3n) is 4.70. The molecule has 0 bridgehead atoms. The van der Waals surface area contributed by atoms with E-state index in [1.807, 2.05) is 0 Å². The number of carboxylic acid groups (broad SMARTS) is 1. The number of carboxylic acids is 1. The molecule has 29 heavy (non-hydrogen) atoms. The van der Waals surface area contributed by atoms with E-state index in [0.717, 1.165) is 11.8 Å². The van der Waals surface area contributed by atoms with E-state index in [4.69, 9.17) is 16.3 Å². The fraction of sp³-hybridized carbons (Fsp3) is 0.316. The van der Waals surface area contributed by atoms with Gasteiger partial charge < -0.3 is 19.7 Å². The van der Waals surface area contributed by atoms with Gasteiger partial charge in [-0.1, -0.05) is 11.6 Å². The summed E-state index contributed by atoms with van der Waals surface area (Å²) in [5.41, 5.74) is 0.574. The van der Waals surface area contributed by atoms with E-state index in [1.165, 1.54) is 10.6 Å². The summed E-state index contributed by atoms with van der Waals surface area (Å²) in [6.45, 7) is 3.09. The lowest BCUT2D eigenvalue weighted by atomic mass is 9.96. The van der Waals surface area contributed by atoms with E-state index >= 15 is 0 Å². The minimum atomic E-state index is -1.02. The fourth-order valence-electron chi connectivity index (χ4n) is 3.17. The van der Waals surface area contributed by atoms with Crippen molar-refractivity contribution in [3.05, 3.63) is 68.5 Å². The molecule has 0 unspecified atom stereocenters. The first-order chi connectivity index (χ1) is 13.7. The molecule has 0 amide bonds. The van der Waals surface area contributed by atoms with E-state index in [1.54, 1.807) is 20.0 Å². The van der Waals surface area contributed by atoms with Crippen molar-refractivity contribution in [1.29, 1.82) is 0 Å². The Hall–Kier alpha value is -2.94. The maximum absolute atomic E-state index is 13.7. The minimum absolute atomic E-state index is 0.0290. The normalized spacial score (nSPS) is 18.7. The van der Waals surface area contributed by atoms with Crippen LogP contribution in [0.3, 0.4) is 0 Å². The molecule has 0 aromatic carbocycles. The predicted octanol–water partition coefficient (Wildman–Crippen LogP) is 2.95. The van der Waals surface area contributed by atoms with Gasteiger partial charge in [-0.2, -0.15) is 0 Å². The van der Waals surface area contributed by atoms with Crippen LogP contribution in [0.25, 0.3) is 0 Å². The van der Waals surface area contributed by atoms with Crippen molar-refractivity contribution in [1.82, 2.24) is 14.9 Å². The van der Waals surface area contributed by atoms with Gasteiger partial charge in [0.2, 0.25) is 0 Å². The Balaban J connectivity index is 1.90. The lowest BCUT2D eigenvalue weighted by Crippen LogP contribution is -2.42. The standard InChI is InChI=1S/C19H18ClF2N3O4/c1-9-6-23-13(19(27)28)5-15(9)25-10(2)3-16(17(20)18(25)26)29-8-14-12(22)4-11(21)7-24-14/h3-4,6-7,13,15,23H,5,8H2,1-2H3,(H,27,28)/t13-,15-/m1/s1. The van der Waals surface area contributed by atoms with Gasteiger partial charge in [0.15, 0.2) is 5.82 Å². The van der Waals surface area contributed by atoms with Crippen molar-refractivity contribution in [2.45, 2.75) is 39.0 Å². The lowest BCUT2D eigenvalue weighted by molar-refractivity contribution is -0.139. The zero-order valence-electron chi connectivity index (χ0n) is 15.6. The summed E-state index contributed by atoms with van der Waals surface area (Å²) in [5, 5.41) is 11.8. The highest BCUT2D eigenvalue weighted by molar-refractivity contribution is 6.31. The average molecular weight is 426 g/mol. The number of halogens is 3. The molecular formula is C19H18ClF2N3O4. The highest BCUT2D eigenvalue weighted by Crippen LogP contribution is 2.30. The van der Waals surface area contributed by atoms with Gasteiger partial charge in [-0.05, 0) is 25.6 Å². The number of rotatable bonds is 5. The zero-order chi connectivity index (χ0) is 21.3. The minimum Gasteiger partial charge on any atom is -0.485 e. The van der Waals surface area contributed by atoms with Crippen LogP contribution in [0, 0.1) is 18.6 Å². The molecular weight excluding hydrogens is 408 g/mol. The second-order valence-electron chi connectivity index (χ2n) is 6.71. The number of nitrogens with one attached hydrogen (secondary N) is 1. The Morgan fingerprint density at radius 1 is 1.41 bits per heavy atom. The summed E-state index contributed by atoms with van der Waals surface area (Å²) in [5.74, 6) is -2.68. The van der Waals surface area contributed by atoms with Crippen LogP contribution in [0.2, 0.25) is 5.02 Å². The van der Waals surface area contributed by atoms with Crippen LogP contribution in [0.4, 0.5) is 8.78 Å². The van der Waals surface area contributed by atoms with Crippen LogP contribution in [0.1, 0.15) is 30.8 Å². The van der Waals surface area contributed by atoms with Gasteiger partial charge in [-0.15, -0.1) is 0 Å². The van der Waals surface area contributed by atoms with Gasteiger partial charge in [0.05, 0.1) is 12.2 Å². The molecule has 10 heteroatoms. The number of aliphatic carboxylic acids is 1. The van der Waals surface area contributed by atoms with Crippen LogP contribution >= 0.6 is 11.6 Å². The largest absolute Gasteiger partial charge is 0.485 e. The number of hydrogen-bond donors (Lipinski definition) is 2. The number of allylic oxidation sites excluding steroid dienone is 1. The van der Waals surface area contributed by atoms with Crippen molar-refractivity contribution in [2.24, 2.45) is 0 Å². The van der Waals surface area contributed by atoms with E-state index in [9.17, 15) is 23.5 Å². The summed E-state index contributed by atoms with van der Waals surface area (Å²) in [6, 6.07) is 0.863. The molecule has 0 radical (unpaired) electrons. The quantitative estimate of drug-likeness (QED) is 0.765. The highest BCUT2D eigenvalue weighted by Gasteiger charge is 2.30. The second kappa shape index (κ2) is 8.20. The topological polar surface area (TPSA) is 93.4 Å². The van der Waals surface area contributed by atoms with Crippen molar-refractivity contribution in [2.75, 3.05) is 0 Å². The van der Waals surface area contributed by atoms with E-state index in [0.29, 0.717) is 11.8 Å². The monoisotopic (exact) mass is 425 g/mol. The van der Waals surface area contributed by atoms with Gasteiger partial charge in [0, 0.05) is 24.2 Å². The molecule has 2 atom stereocenters. The van der Waals surface area contributed by atoms with Gasteiger partial charge in [-0.3, -0.25) is 9.78 Å². The van der Waals surface area contributed by atoms with Crippen molar-refractivity contribution in [3.8, 4) is 5.75 Å². The average Bonchev–Trinajstić information content (AvgIpc) is 2.66. The van der Waals surface area contributed by atoms with Crippen LogP contribution in [0.15, 0.2) is 34.9 Å². The van der Waals surface area contributed by atoms with E-state index in [2.05, 4.69) is 10.3 Å². The Bertz CT molecular complexity index is 1050. The number of nitrogens with zero attached hydrogens (tertiary/aromatic N) is 2. The first-order valence-corrected chi connectivity index (χ1v) is 9.06. The molecule has 0 saturated heterocycles. The van der Waals surface area contributed by atoms with Crippen LogP contribution < -0.4 is 15.6 Å². The van der Waals surface area contributed by atoms with Gasteiger partial charge >= 0.3 is 5.97 Å². The number of hydrogen-bond acceptors (Lipinski definition) is 5. The van der Waals surface area contributed by atoms with Crippen LogP contribution in [-0.2, 0) is 11.4 Å². The third kappa shape index (κ3) is 4.24. The summed E-state index contributed by atoms with van der Waals surface area (Å²) in [4.78, 5) is 27.8. The Morgan fingerprint density at radius 2 is 2.14 bits per heavy atom. The van der Waals surface area contributed by atoms with Crippen molar-refractivity contribution < 1.29 is 23.4 Å². The summed E-state index contributed by atoms with van der Waals surface area (Å²) >= 11 is 6.18. The number of pyridine rings is 2. The number of aryl methyl sites for hydroxylation is 1. The Kier molecular flexibility index (Phi) is 5.88. The number of carbonyl (C=O) groups is 1. The van der Waals surface area contributed by atoms with Gasteiger partial charge in [0.25, 0.3) is 5.56 Å². The summed E-state index contributed by atoms with van der Waals surface area (Å²) in [6.07, 6.45) is 2.59. The maximum atomic E-state index is 13.7. The van der Waals surface area contributed by atoms with Gasteiger partial charge in [0.1, 0.15) is 34.9 Å². The second-order valence-corrected chi connectivity index (χ2v) is 7.09. The maximum Gasteiger partial charge on any atom is 0.326 e. The highest BCUT2D eigenvalue weighted by atomic mass is 35.5. The third-order valence-corrected chi connectivity index (χ3v) is 5.05. The molecule has 2 aromatic rings. The molecule has 1 aliphatic heterocycles. The van der Waals surface area contributed by atoms with Crippen LogP contribution in [-0.4, -0.2) is 26.7 Å². The van der Waals surface area contributed by atoms with Gasteiger partial charge in [-0.25, -0.2) is 13.6 Å². The molecule has 3 rings (SSSR count). The molecule has 0 spiro atoms. The van der Waals surface area contributed by atoms with E-state index in [-0.39, 0.29) is 29.5 Å². The van der Waals surface area contributed by atoms with E-state index < -0.39 is 35.2 Å². The first-order valence-electron chi connectivity index (χ1n) is 8.69. The summed E-state index contributed by atoms with van der Waals surface area (Å²) < 4.78 is 33.5. The summed E-state index contributed by atoms with van der Waals surface area (Å²) in [7, 11) is 0. The SMILES string of the molecule is CC1=CN[C@@H](C(=O)O)C[C@H]1n1c(C)cc(OCc2ncc(F)cc2F)c(Cl)c1=O. The number of ether oxygens (including phenoxy) is 1. The Labute approximate surface area is 169 Å². The number of aromatic nitrogens is 2. The molecule has 2 aromatic heterocycles. The predicted molar refractivity (Wildman–Crippen MR) is 101 cm³/mol.